The van der Waals surface area contributed by atoms with Crippen molar-refractivity contribution in [3.05, 3.63) is 91.9 Å². The van der Waals surface area contributed by atoms with E-state index in [0.717, 1.165) is 31.2 Å². The third kappa shape index (κ3) is 5.50. The predicted molar refractivity (Wildman–Crippen MR) is 124 cm³/mol. The van der Waals surface area contributed by atoms with Crippen LogP contribution in [0, 0.1) is 18.3 Å². The largest absolute Gasteiger partial charge is 0.493 e. The van der Waals surface area contributed by atoms with Crippen LogP contribution >= 0.6 is 31.9 Å². The van der Waals surface area contributed by atoms with E-state index in [1.807, 2.05) is 73.7 Å². The second-order valence-corrected chi connectivity index (χ2v) is 8.26. The van der Waals surface area contributed by atoms with Gasteiger partial charge in [0, 0.05) is 4.47 Å². The number of ether oxygens (including phenoxy) is 2. The summed E-state index contributed by atoms with van der Waals surface area (Å²) in [5.41, 5.74) is 4.52. The molecule has 0 heterocycles. The van der Waals surface area contributed by atoms with Gasteiger partial charge in [-0.2, -0.15) is 5.26 Å². The van der Waals surface area contributed by atoms with Crippen molar-refractivity contribution >= 4 is 43.5 Å². The molecular formula is C24H19Br2NO2. The van der Waals surface area contributed by atoms with Crippen molar-refractivity contribution in [3.8, 4) is 17.6 Å². The van der Waals surface area contributed by atoms with Crippen molar-refractivity contribution in [3.63, 3.8) is 0 Å². The zero-order valence-electron chi connectivity index (χ0n) is 16.1. The van der Waals surface area contributed by atoms with Gasteiger partial charge in [-0.25, -0.2) is 0 Å². The summed E-state index contributed by atoms with van der Waals surface area (Å²) in [4.78, 5) is 0. The van der Waals surface area contributed by atoms with Gasteiger partial charge in [-0.05, 0) is 69.9 Å². The number of rotatable bonds is 6. The van der Waals surface area contributed by atoms with E-state index in [0.29, 0.717) is 23.7 Å². The minimum atomic E-state index is 0.421. The van der Waals surface area contributed by atoms with Gasteiger partial charge >= 0.3 is 0 Å². The smallest absolute Gasteiger partial charge is 0.175 e. The highest BCUT2D eigenvalue weighted by molar-refractivity contribution is 9.10. The van der Waals surface area contributed by atoms with Crippen LogP contribution in [-0.2, 0) is 6.61 Å². The highest BCUT2D eigenvalue weighted by atomic mass is 79.9. The first-order valence-electron chi connectivity index (χ1n) is 8.94. The van der Waals surface area contributed by atoms with Crippen LogP contribution < -0.4 is 9.47 Å². The lowest BCUT2D eigenvalue weighted by molar-refractivity contribution is 0.282. The molecule has 0 radical (unpaired) electrons. The minimum Gasteiger partial charge on any atom is -0.493 e. The molecule has 0 bridgehead atoms. The van der Waals surface area contributed by atoms with E-state index >= 15 is 0 Å². The molecule has 0 aromatic heterocycles. The van der Waals surface area contributed by atoms with Crippen LogP contribution in [0.3, 0.4) is 0 Å². The number of nitrogens with zero attached hydrogens (tertiary/aromatic N) is 1. The number of hydrogen-bond acceptors (Lipinski definition) is 3. The van der Waals surface area contributed by atoms with Crippen LogP contribution in [0.5, 0.6) is 11.5 Å². The first-order chi connectivity index (χ1) is 14.0. The standard InChI is InChI=1S/C24H19Br2NO2/c1-16-3-7-19(8-4-16)20(14-27)11-18-12-22(26)24(23(13-18)28-2)29-15-17-5-9-21(25)10-6-17/h3-13H,15H2,1-2H3/b20-11-. The fourth-order valence-corrected chi connectivity index (χ4v) is 3.62. The molecule has 146 valence electrons. The Labute approximate surface area is 187 Å². The quantitative estimate of drug-likeness (QED) is 0.259. The van der Waals surface area contributed by atoms with Gasteiger partial charge in [-0.1, -0.05) is 57.9 Å². The van der Waals surface area contributed by atoms with Gasteiger partial charge in [-0.3, -0.25) is 0 Å². The minimum absolute atomic E-state index is 0.421. The topological polar surface area (TPSA) is 42.2 Å². The molecule has 0 unspecified atom stereocenters. The molecule has 0 aliphatic rings. The highest BCUT2D eigenvalue weighted by Crippen LogP contribution is 2.38. The Morgan fingerprint density at radius 2 is 1.72 bits per heavy atom. The Kier molecular flexibility index (Phi) is 7.13. The fourth-order valence-electron chi connectivity index (χ4n) is 2.78. The molecule has 0 atom stereocenters. The first kappa shape index (κ1) is 21.2. The maximum atomic E-state index is 9.60. The Morgan fingerprint density at radius 1 is 1.03 bits per heavy atom. The summed E-state index contributed by atoms with van der Waals surface area (Å²) < 4.78 is 13.3. The number of halogens is 2. The normalized spacial score (nSPS) is 11.1. The molecule has 5 heteroatoms. The van der Waals surface area contributed by atoms with E-state index in [-0.39, 0.29) is 0 Å². The summed E-state index contributed by atoms with van der Waals surface area (Å²) in [6.07, 6.45) is 1.84. The van der Waals surface area contributed by atoms with Gasteiger partial charge in [0.05, 0.1) is 23.2 Å². The van der Waals surface area contributed by atoms with Crippen LogP contribution in [-0.4, -0.2) is 7.11 Å². The summed E-state index contributed by atoms with van der Waals surface area (Å²) in [5, 5.41) is 9.60. The number of benzene rings is 3. The number of aryl methyl sites for hydroxylation is 1. The molecule has 0 fully saturated rings. The lowest BCUT2D eigenvalue weighted by Gasteiger charge is -2.14. The van der Waals surface area contributed by atoms with Crippen molar-refractivity contribution in [2.75, 3.05) is 7.11 Å². The Hall–Kier alpha value is -2.55. The molecule has 0 amide bonds. The molecule has 3 aromatic carbocycles. The molecule has 3 nitrogen and oxygen atoms in total. The van der Waals surface area contributed by atoms with Gasteiger partial charge in [-0.15, -0.1) is 0 Å². The van der Waals surface area contributed by atoms with Crippen molar-refractivity contribution in [1.82, 2.24) is 0 Å². The average Bonchev–Trinajstić information content (AvgIpc) is 2.72. The fraction of sp³-hybridized carbons (Fsp3) is 0.125. The van der Waals surface area contributed by atoms with E-state index in [9.17, 15) is 5.26 Å². The molecule has 3 rings (SSSR count). The monoisotopic (exact) mass is 511 g/mol. The van der Waals surface area contributed by atoms with E-state index < -0.39 is 0 Å². The van der Waals surface area contributed by atoms with Crippen LogP contribution in [0.15, 0.2) is 69.6 Å². The Balaban J connectivity index is 1.88. The second kappa shape index (κ2) is 9.78. The van der Waals surface area contributed by atoms with Crippen molar-refractivity contribution in [2.24, 2.45) is 0 Å². The third-order valence-electron chi connectivity index (χ3n) is 4.34. The van der Waals surface area contributed by atoms with E-state index in [4.69, 9.17) is 9.47 Å². The molecule has 0 spiro atoms. The maximum absolute atomic E-state index is 9.60. The lowest BCUT2D eigenvalue weighted by Crippen LogP contribution is -1.99. The summed E-state index contributed by atoms with van der Waals surface area (Å²) in [5.74, 6) is 1.23. The SMILES string of the molecule is COc1cc(/C=C(/C#N)c2ccc(C)cc2)cc(Br)c1OCc1ccc(Br)cc1. The first-order valence-corrected chi connectivity index (χ1v) is 10.5. The van der Waals surface area contributed by atoms with Crippen LogP contribution in [0.4, 0.5) is 0 Å². The van der Waals surface area contributed by atoms with Gasteiger partial charge in [0.15, 0.2) is 11.5 Å². The molecule has 0 saturated heterocycles. The summed E-state index contributed by atoms with van der Waals surface area (Å²) in [6.45, 7) is 2.44. The van der Waals surface area contributed by atoms with Gasteiger partial charge in [0.1, 0.15) is 6.61 Å². The average molecular weight is 513 g/mol. The summed E-state index contributed by atoms with van der Waals surface area (Å²) in [7, 11) is 1.60. The zero-order valence-corrected chi connectivity index (χ0v) is 19.2. The predicted octanol–water partition coefficient (Wildman–Crippen LogP) is 7.17. The Morgan fingerprint density at radius 3 is 2.34 bits per heavy atom. The molecule has 0 N–H and O–H groups in total. The number of methoxy groups -OCH3 is 1. The molecule has 3 aromatic rings. The van der Waals surface area contributed by atoms with Crippen molar-refractivity contribution in [2.45, 2.75) is 13.5 Å². The van der Waals surface area contributed by atoms with Gasteiger partial charge in [0.2, 0.25) is 0 Å². The lowest BCUT2D eigenvalue weighted by atomic mass is 10.0. The van der Waals surface area contributed by atoms with Gasteiger partial charge < -0.3 is 9.47 Å². The molecule has 0 saturated carbocycles. The number of nitriles is 1. The van der Waals surface area contributed by atoms with Crippen LogP contribution in [0.2, 0.25) is 0 Å². The van der Waals surface area contributed by atoms with Crippen LogP contribution in [0.25, 0.3) is 11.6 Å². The van der Waals surface area contributed by atoms with Crippen molar-refractivity contribution in [1.29, 1.82) is 5.26 Å². The van der Waals surface area contributed by atoms with Gasteiger partial charge in [0.25, 0.3) is 0 Å². The number of allylic oxidation sites excluding steroid dienone is 1. The molecule has 0 aliphatic heterocycles. The highest BCUT2D eigenvalue weighted by Gasteiger charge is 2.12. The van der Waals surface area contributed by atoms with E-state index in [1.165, 1.54) is 0 Å². The Bertz CT molecular complexity index is 1070. The van der Waals surface area contributed by atoms with E-state index in [2.05, 4.69) is 37.9 Å². The molecule has 29 heavy (non-hydrogen) atoms. The van der Waals surface area contributed by atoms with Crippen LogP contribution in [0.1, 0.15) is 22.3 Å². The molecule has 0 aliphatic carbocycles. The molecular weight excluding hydrogens is 494 g/mol. The number of hydrogen-bond donors (Lipinski definition) is 0. The zero-order chi connectivity index (χ0) is 20.8. The maximum Gasteiger partial charge on any atom is 0.175 e. The second-order valence-electron chi connectivity index (χ2n) is 6.49. The summed E-state index contributed by atoms with van der Waals surface area (Å²) >= 11 is 7.01. The third-order valence-corrected chi connectivity index (χ3v) is 5.46. The summed E-state index contributed by atoms with van der Waals surface area (Å²) in [6, 6.07) is 21.9. The van der Waals surface area contributed by atoms with E-state index in [1.54, 1.807) is 7.11 Å². The van der Waals surface area contributed by atoms with Crippen molar-refractivity contribution < 1.29 is 9.47 Å².